The van der Waals surface area contributed by atoms with Crippen molar-refractivity contribution in [2.45, 2.75) is 25.6 Å². The number of hydrogen-bond donors (Lipinski definition) is 3. The second kappa shape index (κ2) is 8.22. The maximum absolute atomic E-state index is 12.5. The summed E-state index contributed by atoms with van der Waals surface area (Å²) < 4.78 is 0. The van der Waals surface area contributed by atoms with E-state index in [9.17, 15) is 9.59 Å². The fourth-order valence-corrected chi connectivity index (χ4v) is 3.53. The number of nitrogens with one attached hydrogen (secondary N) is 3. The van der Waals surface area contributed by atoms with Crippen molar-refractivity contribution < 1.29 is 9.59 Å². The second-order valence-corrected chi connectivity index (χ2v) is 7.00. The molecule has 0 spiro atoms. The lowest BCUT2D eigenvalue weighted by molar-refractivity contribution is -0.134. The molecule has 2 amide bonds. The average molecular weight is 377 g/mol. The molecular formula is C21H23N5O2. The summed E-state index contributed by atoms with van der Waals surface area (Å²) in [5.74, 6) is -0.221. The number of H-pyrrole nitrogens is 1. The molecule has 2 aromatic carbocycles. The number of hydrogen-bond acceptors (Lipinski definition) is 4. The van der Waals surface area contributed by atoms with Crippen molar-refractivity contribution in [1.82, 2.24) is 25.5 Å². The molecule has 7 nitrogen and oxygen atoms in total. The first kappa shape index (κ1) is 18.2. The topological polar surface area (TPSA) is 90.1 Å². The van der Waals surface area contributed by atoms with Gasteiger partial charge in [-0.3, -0.25) is 14.5 Å². The van der Waals surface area contributed by atoms with E-state index in [-0.39, 0.29) is 18.2 Å². The molecule has 0 radical (unpaired) electrons. The number of aromatic nitrogens is 2. The van der Waals surface area contributed by atoms with Crippen LogP contribution in [0.4, 0.5) is 0 Å². The maximum Gasteiger partial charge on any atom is 0.237 e. The lowest BCUT2D eigenvalue weighted by Gasteiger charge is -2.34. The first-order valence-electron chi connectivity index (χ1n) is 9.43. The molecule has 2 heterocycles. The quantitative estimate of drug-likeness (QED) is 0.608. The lowest BCUT2D eigenvalue weighted by atomic mass is 10.1. The summed E-state index contributed by atoms with van der Waals surface area (Å²) in [5, 5.41) is 5.80. The van der Waals surface area contributed by atoms with Crippen molar-refractivity contribution in [2.75, 3.05) is 13.1 Å². The zero-order valence-corrected chi connectivity index (χ0v) is 15.5. The summed E-state index contributed by atoms with van der Waals surface area (Å²) in [6, 6.07) is 15.4. The fraction of sp³-hybridized carbons (Fsp3) is 0.286. The van der Waals surface area contributed by atoms with E-state index in [1.165, 1.54) is 0 Å². The fourth-order valence-electron chi connectivity index (χ4n) is 3.53. The highest BCUT2D eigenvalue weighted by atomic mass is 16.2. The van der Waals surface area contributed by atoms with E-state index in [1.54, 1.807) is 6.33 Å². The van der Waals surface area contributed by atoms with E-state index in [2.05, 4.69) is 25.5 Å². The van der Waals surface area contributed by atoms with Gasteiger partial charge in [-0.1, -0.05) is 36.4 Å². The first-order chi connectivity index (χ1) is 13.7. The van der Waals surface area contributed by atoms with Gasteiger partial charge in [0.1, 0.15) is 0 Å². The zero-order chi connectivity index (χ0) is 19.3. The Labute approximate surface area is 163 Å². The van der Waals surface area contributed by atoms with Crippen LogP contribution in [0.2, 0.25) is 0 Å². The highest BCUT2D eigenvalue weighted by Gasteiger charge is 2.31. The molecule has 1 saturated heterocycles. The summed E-state index contributed by atoms with van der Waals surface area (Å²) in [6.07, 6.45) is 1.79. The average Bonchev–Trinajstić information content (AvgIpc) is 3.18. The molecule has 1 fully saturated rings. The number of carbonyl (C=O) groups is 2. The predicted molar refractivity (Wildman–Crippen MR) is 106 cm³/mol. The number of imidazole rings is 1. The van der Waals surface area contributed by atoms with Gasteiger partial charge in [-0.25, -0.2) is 4.98 Å². The molecule has 0 unspecified atom stereocenters. The number of aromatic amines is 1. The second-order valence-electron chi connectivity index (χ2n) is 7.00. The van der Waals surface area contributed by atoms with E-state index in [0.29, 0.717) is 19.6 Å². The number of rotatable bonds is 6. The van der Waals surface area contributed by atoms with Crippen LogP contribution in [-0.2, 0) is 22.7 Å². The van der Waals surface area contributed by atoms with Crippen molar-refractivity contribution in [2.24, 2.45) is 0 Å². The van der Waals surface area contributed by atoms with Crippen LogP contribution in [0.25, 0.3) is 11.0 Å². The van der Waals surface area contributed by atoms with Crippen LogP contribution in [0.15, 0.2) is 54.9 Å². The van der Waals surface area contributed by atoms with Gasteiger partial charge < -0.3 is 15.6 Å². The smallest absolute Gasteiger partial charge is 0.237 e. The molecule has 7 heteroatoms. The minimum absolute atomic E-state index is 0.0868. The number of nitrogens with zero attached hydrogens (tertiary/aromatic N) is 2. The van der Waals surface area contributed by atoms with Crippen LogP contribution in [0.1, 0.15) is 17.5 Å². The van der Waals surface area contributed by atoms with Gasteiger partial charge in [-0.15, -0.1) is 0 Å². The molecule has 28 heavy (non-hydrogen) atoms. The summed E-state index contributed by atoms with van der Waals surface area (Å²) in [5.41, 5.74) is 3.95. The largest absolute Gasteiger partial charge is 0.353 e. The van der Waals surface area contributed by atoms with E-state index >= 15 is 0 Å². The lowest BCUT2D eigenvalue weighted by Crippen LogP contribution is -2.56. The van der Waals surface area contributed by atoms with Crippen molar-refractivity contribution in [1.29, 1.82) is 0 Å². The van der Waals surface area contributed by atoms with Gasteiger partial charge in [-0.2, -0.15) is 0 Å². The molecule has 0 aliphatic carbocycles. The van der Waals surface area contributed by atoms with Crippen LogP contribution in [0.5, 0.6) is 0 Å². The van der Waals surface area contributed by atoms with Gasteiger partial charge in [0.05, 0.1) is 29.8 Å². The number of carbonyl (C=O) groups excluding carboxylic acids is 2. The Hall–Kier alpha value is -3.19. The number of fused-ring (bicyclic) bond motifs is 1. The van der Waals surface area contributed by atoms with E-state index in [4.69, 9.17) is 0 Å². The zero-order valence-electron chi connectivity index (χ0n) is 15.5. The Morgan fingerprint density at radius 1 is 1.18 bits per heavy atom. The molecule has 1 aromatic heterocycles. The molecule has 3 aromatic rings. The molecule has 0 bridgehead atoms. The Morgan fingerprint density at radius 3 is 2.89 bits per heavy atom. The van der Waals surface area contributed by atoms with E-state index < -0.39 is 6.04 Å². The Balaban J connectivity index is 1.37. The van der Waals surface area contributed by atoms with Crippen LogP contribution in [0, 0.1) is 0 Å². The molecule has 3 N–H and O–H groups in total. The van der Waals surface area contributed by atoms with Crippen molar-refractivity contribution in [3.8, 4) is 0 Å². The van der Waals surface area contributed by atoms with Crippen molar-refractivity contribution in [3.63, 3.8) is 0 Å². The SMILES string of the molecule is O=C(C[C@H]1C(=O)NCCN1Cc1ccccc1)NCc1ccc2nc[nH]c2c1. The van der Waals surface area contributed by atoms with Crippen LogP contribution < -0.4 is 10.6 Å². The minimum atomic E-state index is -0.455. The first-order valence-corrected chi connectivity index (χ1v) is 9.43. The molecule has 0 saturated carbocycles. The minimum Gasteiger partial charge on any atom is -0.353 e. The van der Waals surface area contributed by atoms with E-state index in [0.717, 1.165) is 28.7 Å². The predicted octanol–water partition coefficient (Wildman–Crippen LogP) is 1.57. The van der Waals surface area contributed by atoms with Crippen LogP contribution in [-0.4, -0.2) is 45.8 Å². The molecule has 1 aliphatic rings. The third-order valence-corrected chi connectivity index (χ3v) is 5.02. The van der Waals surface area contributed by atoms with Crippen LogP contribution >= 0.6 is 0 Å². The van der Waals surface area contributed by atoms with Crippen molar-refractivity contribution >= 4 is 22.8 Å². The van der Waals surface area contributed by atoms with Gasteiger partial charge in [-0.05, 0) is 23.3 Å². The molecular weight excluding hydrogens is 354 g/mol. The highest BCUT2D eigenvalue weighted by Crippen LogP contribution is 2.15. The Morgan fingerprint density at radius 2 is 2.04 bits per heavy atom. The number of amides is 2. The third-order valence-electron chi connectivity index (χ3n) is 5.02. The Bertz CT molecular complexity index is 969. The number of benzene rings is 2. The third kappa shape index (κ3) is 4.20. The highest BCUT2D eigenvalue weighted by molar-refractivity contribution is 5.88. The molecule has 1 aliphatic heterocycles. The summed E-state index contributed by atoms with van der Waals surface area (Å²) in [6.45, 7) is 2.41. The van der Waals surface area contributed by atoms with E-state index in [1.807, 2.05) is 48.5 Å². The van der Waals surface area contributed by atoms with Gasteiger partial charge in [0.25, 0.3) is 0 Å². The van der Waals surface area contributed by atoms with Gasteiger partial charge in [0.2, 0.25) is 11.8 Å². The monoisotopic (exact) mass is 377 g/mol. The molecule has 144 valence electrons. The van der Waals surface area contributed by atoms with Gasteiger partial charge in [0, 0.05) is 26.2 Å². The molecule has 4 rings (SSSR count). The molecule has 1 atom stereocenters. The Kier molecular flexibility index (Phi) is 5.34. The normalized spacial score (nSPS) is 17.4. The van der Waals surface area contributed by atoms with Crippen LogP contribution in [0.3, 0.4) is 0 Å². The summed E-state index contributed by atoms with van der Waals surface area (Å²) in [7, 11) is 0. The number of piperazine rings is 1. The summed E-state index contributed by atoms with van der Waals surface area (Å²) in [4.78, 5) is 34.2. The van der Waals surface area contributed by atoms with Crippen molar-refractivity contribution in [3.05, 3.63) is 66.0 Å². The maximum atomic E-state index is 12.5. The van der Waals surface area contributed by atoms with Gasteiger partial charge in [0.15, 0.2) is 0 Å². The van der Waals surface area contributed by atoms with Gasteiger partial charge >= 0.3 is 0 Å². The standard InChI is InChI=1S/C21H23N5O2/c27-20(23-12-16-6-7-17-18(10-16)25-14-24-17)11-19-21(28)22-8-9-26(19)13-15-4-2-1-3-5-15/h1-7,10,14,19H,8-9,11-13H2,(H,22,28)(H,23,27)(H,24,25)/t19-/m0/s1. The summed E-state index contributed by atoms with van der Waals surface area (Å²) >= 11 is 0.